The Morgan fingerprint density at radius 3 is 2.75 bits per heavy atom. The lowest BCUT2D eigenvalue weighted by Crippen LogP contribution is -2.13. The van der Waals surface area contributed by atoms with Crippen LogP contribution >= 0.6 is 22.9 Å². The van der Waals surface area contributed by atoms with Gasteiger partial charge in [-0.05, 0) is 23.8 Å². The summed E-state index contributed by atoms with van der Waals surface area (Å²) in [4.78, 5) is 17.0. The number of nitrogens with zero attached hydrogens (tertiary/aromatic N) is 1. The summed E-state index contributed by atoms with van der Waals surface area (Å²) in [5, 5.41) is 3.51. The SMILES string of the molecule is O=C(Nc1ncc(Cc2ccccc2Cl)s1)c1ccc(F)cc1F. The fourth-order valence-corrected chi connectivity index (χ4v) is 3.15. The normalized spacial score (nSPS) is 10.6. The first-order valence-corrected chi connectivity index (χ1v) is 8.17. The molecular weight excluding hydrogens is 354 g/mol. The second-order valence-electron chi connectivity index (χ2n) is 4.98. The molecule has 0 aliphatic heterocycles. The van der Waals surface area contributed by atoms with Gasteiger partial charge in [0.15, 0.2) is 5.13 Å². The third-order valence-electron chi connectivity index (χ3n) is 3.27. The lowest BCUT2D eigenvalue weighted by Gasteiger charge is -2.03. The average molecular weight is 365 g/mol. The van der Waals surface area contributed by atoms with Crippen LogP contribution < -0.4 is 5.32 Å². The molecule has 0 saturated carbocycles. The smallest absolute Gasteiger partial charge is 0.260 e. The molecule has 3 rings (SSSR count). The van der Waals surface area contributed by atoms with E-state index in [0.29, 0.717) is 22.6 Å². The molecule has 0 spiro atoms. The first-order valence-electron chi connectivity index (χ1n) is 6.97. The number of rotatable bonds is 4. The number of nitrogens with one attached hydrogen (secondary N) is 1. The molecule has 1 amide bonds. The molecule has 0 saturated heterocycles. The molecule has 3 aromatic rings. The molecular formula is C17H11ClF2N2OS. The van der Waals surface area contributed by atoms with Gasteiger partial charge in [-0.1, -0.05) is 29.8 Å². The summed E-state index contributed by atoms with van der Waals surface area (Å²) in [5.41, 5.74) is 0.713. The van der Waals surface area contributed by atoms with Gasteiger partial charge in [0.1, 0.15) is 11.6 Å². The molecule has 0 bridgehead atoms. The van der Waals surface area contributed by atoms with Gasteiger partial charge in [0.25, 0.3) is 5.91 Å². The van der Waals surface area contributed by atoms with Crippen LogP contribution in [0.5, 0.6) is 0 Å². The predicted molar refractivity (Wildman–Crippen MR) is 90.7 cm³/mol. The molecule has 0 fully saturated rings. The van der Waals surface area contributed by atoms with E-state index in [4.69, 9.17) is 11.6 Å². The van der Waals surface area contributed by atoms with Crippen LogP contribution in [-0.2, 0) is 6.42 Å². The highest BCUT2D eigenvalue weighted by Crippen LogP contribution is 2.25. The molecule has 0 radical (unpaired) electrons. The Kier molecular flexibility index (Phi) is 4.87. The van der Waals surface area contributed by atoms with Crippen molar-refractivity contribution in [3.05, 3.63) is 81.3 Å². The second kappa shape index (κ2) is 7.07. The Bertz CT molecular complexity index is 898. The number of carbonyl (C=O) groups is 1. The van der Waals surface area contributed by atoms with Crippen LogP contribution in [0.2, 0.25) is 5.02 Å². The lowest BCUT2D eigenvalue weighted by molar-refractivity contribution is 0.102. The second-order valence-corrected chi connectivity index (χ2v) is 6.50. The summed E-state index contributed by atoms with van der Waals surface area (Å²) in [7, 11) is 0. The molecule has 0 aliphatic carbocycles. The maximum atomic E-state index is 13.6. The van der Waals surface area contributed by atoms with E-state index in [1.165, 1.54) is 11.3 Å². The summed E-state index contributed by atoms with van der Waals surface area (Å²) < 4.78 is 26.5. The largest absolute Gasteiger partial charge is 0.298 e. The minimum absolute atomic E-state index is 0.237. The number of benzene rings is 2. The maximum absolute atomic E-state index is 13.6. The zero-order valence-corrected chi connectivity index (χ0v) is 13.8. The highest BCUT2D eigenvalue weighted by atomic mass is 35.5. The van der Waals surface area contributed by atoms with Gasteiger partial charge in [-0.2, -0.15) is 0 Å². The predicted octanol–water partition coefficient (Wildman–Crippen LogP) is 4.92. The number of anilines is 1. The maximum Gasteiger partial charge on any atom is 0.260 e. The van der Waals surface area contributed by atoms with Crippen molar-refractivity contribution < 1.29 is 13.6 Å². The van der Waals surface area contributed by atoms with E-state index in [2.05, 4.69) is 10.3 Å². The van der Waals surface area contributed by atoms with Gasteiger partial charge in [-0.15, -0.1) is 11.3 Å². The van der Waals surface area contributed by atoms with Gasteiger partial charge in [0.05, 0.1) is 5.56 Å². The van der Waals surface area contributed by atoms with E-state index in [1.807, 2.05) is 18.2 Å². The van der Waals surface area contributed by atoms with E-state index in [-0.39, 0.29) is 5.56 Å². The number of hydrogen-bond acceptors (Lipinski definition) is 3. The van der Waals surface area contributed by atoms with Crippen LogP contribution in [0, 0.1) is 11.6 Å². The van der Waals surface area contributed by atoms with Gasteiger partial charge in [-0.25, -0.2) is 13.8 Å². The van der Waals surface area contributed by atoms with Crippen LogP contribution in [0.1, 0.15) is 20.8 Å². The minimum atomic E-state index is -0.916. The summed E-state index contributed by atoms with van der Waals surface area (Å²) >= 11 is 7.39. The quantitative estimate of drug-likeness (QED) is 0.714. The first kappa shape index (κ1) is 16.5. The molecule has 0 aliphatic rings. The Balaban J connectivity index is 1.72. The number of halogens is 3. The molecule has 1 aromatic heterocycles. The molecule has 3 nitrogen and oxygen atoms in total. The highest BCUT2D eigenvalue weighted by molar-refractivity contribution is 7.15. The molecule has 7 heteroatoms. The van der Waals surface area contributed by atoms with E-state index < -0.39 is 17.5 Å². The molecule has 1 N–H and O–H groups in total. The third-order valence-corrected chi connectivity index (χ3v) is 4.55. The van der Waals surface area contributed by atoms with Gasteiger partial charge in [-0.3, -0.25) is 10.1 Å². The summed E-state index contributed by atoms with van der Waals surface area (Å²) in [5.74, 6) is -2.33. The zero-order valence-electron chi connectivity index (χ0n) is 12.2. The van der Waals surface area contributed by atoms with Crippen molar-refractivity contribution in [2.75, 3.05) is 5.32 Å². The van der Waals surface area contributed by atoms with Crippen LogP contribution in [0.15, 0.2) is 48.7 Å². The topological polar surface area (TPSA) is 42.0 Å². The van der Waals surface area contributed by atoms with Crippen molar-refractivity contribution >= 4 is 34.0 Å². The van der Waals surface area contributed by atoms with Crippen molar-refractivity contribution in [3.8, 4) is 0 Å². The Morgan fingerprint density at radius 2 is 2.00 bits per heavy atom. The highest BCUT2D eigenvalue weighted by Gasteiger charge is 2.14. The van der Waals surface area contributed by atoms with Crippen LogP contribution in [-0.4, -0.2) is 10.9 Å². The van der Waals surface area contributed by atoms with Gasteiger partial charge < -0.3 is 0 Å². The fraction of sp³-hybridized carbons (Fsp3) is 0.0588. The fourth-order valence-electron chi connectivity index (χ4n) is 2.11. The number of thiazole rings is 1. The Hall–Kier alpha value is -2.31. The minimum Gasteiger partial charge on any atom is -0.298 e. The third kappa shape index (κ3) is 3.77. The van der Waals surface area contributed by atoms with E-state index in [1.54, 1.807) is 12.3 Å². The van der Waals surface area contributed by atoms with E-state index >= 15 is 0 Å². The summed E-state index contributed by atoms with van der Waals surface area (Å²) in [6.45, 7) is 0. The first-order chi connectivity index (χ1) is 11.5. The van der Waals surface area contributed by atoms with Crippen molar-refractivity contribution in [2.24, 2.45) is 0 Å². The monoisotopic (exact) mass is 364 g/mol. The Labute approximate surface area is 145 Å². The molecule has 1 heterocycles. The molecule has 0 unspecified atom stereocenters. The van der Waals surface area contributed by atoms with Crippen LogP contribution in [0.25, 0.3) is 0 Å². The van der Waals surface area contributed by atoms with Crippen molar-refractivity contribution in [1.82, 2.24) is 4.98 Å². The average Bonchev–Trinajstić information content (AvgIpc) is 2.96. The molecule has 2 aromatic carbocycles. The standard InChI is InChI=1S/C17H11ClF2N2OS/c18-14-4-2-1-3-10(14)7-12-9-21-17(24-12)22-16(23)13-6-5-11(19)8-15(13)20/h1-6,8-9H,7H2,(H,21,22,23). The van der Waals surface area contributed by atoms with E-state index in [9.17, 15) is 13.6 Å². The zero-order chi connectivity index (χ0) is 17.1. The van der Waals surface area contributed by atoms with Crippen molar-refractivity contribution in [3.63, 3.8) is 0 Å². The molecule has 24 heavy (non-hydrogen) atoms. The number of hydrogen-bond donors (Lipinski definition) is 1. The molecule has 122 valence electrons. The van der Waals surface area contributed by atoms with Gasteiger partial charge in [0.2, 0.25) is 0 Å². The van der Waals surface area contributed by atoms with Crippen LogP contribution in [0.3, 0.4) is 0 Å². The summed E-state index contributed by atoms with van der Waals surface area (Å²) in [6, 6.07) is 10.2. The van der Waals surface area contributed by atoms with Crippen LogP contribution in [0.4, 0.5) is 13.9 Å². The van der Waals surface area contributed by atoms with Gasteiger partial charge >= 0.3 is 0 Å². The van der Waals surface area contributed by atoms with Crippen molar-refractivity contribution in [2.45, 2.75) is 6.42 Å². The van der Waals surface area contributed by atoms with Gasteiger partial charge in [0, 0.05) is 28.6 Å². The van der Waals surface area contributed by atoms with E-state index in [0.717, 1.165) is 22.6 Å². The molecule has 0 atom stereocenters. The lowest BCUT2D eigenvalue weighted by atomic mass is 10.1. The number of carbonyl (C=O) groups excluding carboxylic acids is 1. The number of aromatic nitrogens is 1. The van der Waals surface area contributed by atoms with Crippen molar-refractivity contribution in [1.29, 1.82) is 0 Å². The Morgan fingerprint density at radius 1 is 1.21 bits per heavy atom. The summed E-state index contributed by atoms with van der Waals surface area (Å²) in [6.07, 6.45) is 2.21. The number of amides is 1.